The van der Waals surface area contributed by atoms with Gasteiger partial charge in [-0.2, -0.15) is 0 Å². The van der Waals surface area contributed by atoms with E-state index in [2.05, 4.69) is 23.7 Å². The number of pyridine rings is 1. The van der Waals surface area contributed by atoms with Crippen LogP contribution in [0.3, 0.4) is 0 Å². The fraction of sp³-hybridized carbons (Fsp3) is 0.348. The Labute approximate surface area is 167 Å². The first kappa shape index (κ1) is 18.9. The average Bonchev–Trinajstić information content (AvgIpc) is 2.73. The highest BCUT2D eigenvalue weighted by Crippen LogP contribution is 2.37. The summed E-state index contributed by atoms with van der Waals surface area (Å²) in [6.45, 7) is 6.03. The van der Waals surface area contributed by atoms with Crippen LogP contribution in [0.25, 0.3) is 10.9 Å². The molecule has 28 heavy (non-hydrogen) atoms. The van der Waals surface area contributed by atoms with Crippen LogP contribution in [0.4, 0.5) is 5.69 Å². The highest BCUT2D eigenvalue weighted by Gasteiger charge is 2.28. The van der Waals surface area contributed by atoms with Crippen LogP contribution in [0.1, 0.15) is 32.3 Å². The smallest absolute Gasteiger partial charge is 0.210 e. The molecule has 1 aromatic heterocycles. The summed E-state index contributed by atoms with van der Waals surface area (Å²) in [4.78, 5) is 7.35. The van der Waals surface area contributed by atoms with Crippen molar-refractivity contribution in [3.05, 3.63) is 60.3 Å². The molecule has 1 aliphatic heterocycles. The molecule has 1 saturated heterocycles. The molecule has 1 aliphatic rings. The summed E-state index contributed by atoms with van der Waals surface area (Å²) < 4.78 is 27.1. The number of benzene rings is 2. The van der Waals surface area contributed by atoms with Gasteiger partial charge in [0.05, 0.1) is 16.1 Å². The van der Waals surface area contributed by atoms with Gasteiger partial charge in [-0.05, 0) is 48.9 Å². The van der Waals surface area contributed by atoms with Crippen LogP contribution in [0, 0.1) is 5.92 Å². The number of hydrogen-bond donors (Lipinski definition) is 0. The van der Waals surface area contributed by atoms with E-state index >= 15 is 0 Å². The zero-order valence-electron chi connectivity index (χ0n) is 16.4. The first-order valence-corrected chi connectivity index (χ1v) is 11.5. The van der Waals surface area contributed by atoms with E-state index < -0.39 is 9.84 Å². The number of fused-ring (bicyclic) bond motifs is 1. The van der Waals surface area contributed by atoms with Crippen molar-refractivity contribution < 1.29 is 8.42 Å². The quantitative estimate of drug-likeness (QED) is 0.634. The Balaban J connectivity index is 1.91. The monoisotopic (exact) mass is 394 g/mol. The van der Waals surface area contributed by atoms with Gasteiger partial charge in [0.2, 0.25) is 9.84 Å². The van der Waals surface area contributed by atoms with E-state index in [9.17, 15) is 8.42 Å². The lowest BCUT2D eigenvalue weighted by Crippen LogP contribution is -2.35. The van der Waals surface area contributed by atoms with Gasteiger partial charge in [-0.3, -0.25) is 4.98 Å². The van der Waals surface area contributed by atoms with Crippen LogP contribution >= 0.6 is 0 Å². The topological polar surface area (TPSA) is 50.3 Å². The van der Waals surface area contributed by atoms with Crippen molar-refractivity contribution in [3.8, 4) is 0 Å². The first-order valence-electron chi connectivity index (χ1n) is 9.97. The van der Waals surface area contributed by atoms with Crippen LogP contribution in [-0.4, -0.2) is 26.5 Å². The molecule has 0 unspecified atom stereocenters. The van der Waals surface area contributed by atoms with Crippen molar-refractivity contribution in [1.29, 1.82) is 0 Å². The van der Waals surface area contributed by atoms with E-state index in [1.807, 2.05) is 36.4 Å². The Morgan fingerprint density at radius 1 is 1.11 bits per heavy atom. The largest absolute Gasteiger partial charge is 0.370 e. The van der Waals surface area contributed by atoms with Gasteiger partial charge in [-0.15, -0.1) is 0 Å². The number of hydrogen-bond acceptors (Lipinski definition) is 4. The molecule has 4 nitrogen and oxygen atoms in total. The van der Waals surface area contributed by atoms with Crippen molar-refractivity contribution in [2.24, 2.45) is 5.92 Å². The maximum atomic E-state index is 13.6. The summed E-state index contributed by atoms with van der Waals surface area (Å²) in [5, 5.41) is 0.905. The Bertz CT molecular complexity index is 1090. The van der Waals surface area contributed by atoms with Gasteiger partial charge >= 0.3 is 0 Å². The minimum Gasteiger partial charge on any atom is -0.370 e. The molecule has 146 valence electrons. The molecule has 0 aliphatic carbocycles. The van der Waals surface area contributed by atoms with Gasteiger partial charge in [0, 0.05) is 24.7 Å². The molecule has 0 bridgehead atoms. The van der Waals surface area contributed by atoms with Crippen molar-refractivity contribution in [3.63, 3.8) is 0 Å². The predicted molar refractivity (Wildman–Crippen MR) is 114 cm³/mol. The molecule has 0 saturated carbocycles. The van der Waals surface area contributed by atoms with Crippen molar-refractivity contribution >= 4 is 26.4 Å². The minimum atomic E-state index is -3.66. The molecule has 0 amide bonds. The predicted octanol–water partition coefficient (Wildman–Crippen LogP) is 4.87. The SMILES string of the molecule is CCc1ccc(S(=O)(=O)c2cnc3ccccc3c2N2CCC[C@@H](C)C2)cc1. The fourth-order valence-electron chi connectivity index (χ4n) is 4.06. The van der Waals surface area contributed by atoms with Gasteiger partial charge in [0.1, 0.15) is 4.90 Å². The zero-order chi connectivity index (χ0) is 19.7. The van der Waals surface area contributed by atoms with Gasteiger partial charge in [0.15, 0.2) is 0 Å². The number of sulfone groups is 1. The fourth-order valence-corrected chi connectivity index (χ4v) is 5.49. The molecule has 3 aromatic rings. The van der Waals surface area contributed by atoms with Gasteiger partial charge in [0.25, 0.3) is 0 Å². The second-order valence-electron chi connectivity index (χ2n) is 7.68. The van der Waals surface area contributed by atoms with E-state index in [4.69, 9.17) is 0 Å². The molecule has 0 spiro atoms. The maximum absolute atomic E-state index is 13.6. The molecular weight excluding hydrogens is 368 g/mol. The normalized spacial score (nSPS) is 17.8. The van der Waals surface area contributed by atoms with Crippen LogP contribution in [-0.2, 0) is 16.3 Å². The lowest BCUT2D eigenvalue weighted by Gasteiger charge is -2.34. The van der Waals surface area contributed by atoms with Gasteiger partial charge < -0.3 is 4.90 Å². The summed E-state index contributed by atoms with van der Waals surface area (Å²) in [7, 11) is -3.66. The summed E-state index contributed by atoms with van der Waals surface area (Å²) in [5.74, 6) is 0.542. The standard InChI is InChI=1S/C23H26N2O2S/c1-3-18-10-12-19(13-11-18)28(26,27)22-15-24-21-9-5-4-8-20(21)23(22)25-14-6-7-17(2)16-25/h4-5,8-13,15,17H,3,6-7,14,16H2,1-2H3/t17-/m1/s1. The van der Waals surface area contributed by atoms with Crippen LogP contribution in [0.5, 0.6) is 0 Å². The highest BCUT2D eigenvalue weighted by atomic mass is 32.2. The summed E-state index contributed by atoms with van der Waals surface area (Å²) in [6, 6.07) is 15.0. The lowest BCUT2D eigenvalue weighted by molar-refractivity contribution is 0.446. The molecule has 5 heteroatoms. The zero-order valence-corrected chi connectivity index (χ0v) is 17.2. The van der Waals surface area contributed by atoms with Crippen LogP contribution < -0.4 is 4.90 Å². The third-order valence-corrected chi connectivity index (χ3v) is 7.39. The van der Waals surface area contributed by atoms with Crippen molar-refractivity contribution in [2.45, 2.75) is 42.9 Å². The highest BCUT2D eigenvalue weighted by molar-refractivity contribution is 7.91. The van der Waals surface area contributed by atoms with E-state index in [0.29, 0.717) is 15.7 Å². The lowest BCUT2D eigenvalue weighted by atomic mass is 9.99. The van der Waals surface area contributed by atoms with Gasteiger partial charge in [-0.1, -0.05) is 44.2 Å². The Hall–Kier alpha value is -2.40. The molecule has 0 N–H and O–H groups in total. The summed E-state index contributed by atoms with van der Waals surface area (Å²) >= 11 is 0. The van der Waals surface area contributed by atoms with Gasteiger partial charge in [-0.25, -0.2) is 8.42 Å². The molecule has 1 atom stereocenters. The summed E-state index contributed by atoms with van der Waals surface area (Å²) in [6.07, 6.45) is 4.68. The minimum absolute atomic E-state index is 0.310. The van der Waals surface area contributed by atoms with Crippen LogP contribution in [0.15, 0.2) is 64.5 Å². The summed E-state index contributed by atoms with van der Waals surface area (Å²) in [5.41, 5.74) is 2.76. The number of piperidine rings is 1. The second kappa shape index (κ2) is 7.55. The number of anilines is 1. The number of aryl methyl sites for hydroxylation is 1. The molecule has 1 fully saturated rings. The van der Waals surface area contributed by atoms with Crippen molar-refractivity contribution in [1.82, 2.24) is 4.98 Å². The Morgan fingerprint density at radius 3 is 2.57 bits per heavy atom. The molecule has 4 rings (SSSR count). The number of nitrogens with zero attached hydrogens (tertiary/aromatic N) is 2. The van der Waals surface area contributed by atoms with E-state index in [-0.39, 0.29) is 0 Å². The third kappa shape index (κ3) is 3.39. The van der Waals surface area contributed by atoms with Crippen molar-refractivity contribution in [2.75, 3.05) is 18.0 Å². The van der Waals surface area contributed by atoms with Crippen LogP contribution in [0.2, 0.25) is 0 Å². The molecular formula is C23H26N2O2S. The Morgan fingerprint density at radius 2 is 1.86 bits per heavy atom. The van der Waals surface area contributed by atoms with E-state index in [0.717, 1.165) is 48.1 Å². The average molecular weight is 395 g/mol. The number of aromatic nitrogens is 1. The maximum Gasteiger partial charge on any atom is 0.210 e. The molecule has 2 heterocycles. The second-order valence-corrected chi connectivity index (χ2v) is 9.60. The number of para-hydroxylation sites is 1. The molecule has 2 aromatic carbocycles. The first-order chi connectivity index (χ1) is 13.5. The third-order valence-electron chi connectivity index (χ3n) is 5.62. The number of rotatable bonds is 4. The molecule has 0 radical (unpaired) electrons. The Kier molecular flexibility index (Phi) is 5.11. The van der Waals surface area contributed by atoms with E-state index in [1.165, 1.54) is 6.42 Å². The van der Waals surface area contributed by atoms with E-state index in [1.54, 1.807) is 18.3 Å².